The van der Waals surface area contributed by atoms with Gasteiger partial charge in [-0.25, -0.2) is 13.2 Å². The van der Waals surface area contributed by atoms with Gasteiger partial charge in [0.1, 0.15) is 17.5 Å². The predicted molar refractivity (Wildman–Crippen MR) is 142 cm³/mol. The zero-order valence-corrected chi connectivity index (χ0v) is 23.2. The van der Waals surface area contributed by atoms with E-state index < -0.39 is 47.1 Å². The van der Waals surface area contributed by atoms with E-state index in [9.17, 15) is 32.7 Å². The normalized spacial score (nSPS) is 18.9. The fourth-order valence-corrected chi connectivity index (χ4v) is 5.72. The summed E-state index contributed by atoms with van der Waals surface area (Å²) in [6.45, 7) is 2.48. The summed E-state index contributed by atoms with van der Waals surface area (Å²) in [4.78, 5) is 39.7. The van der Waals surface area contributed by atoms with Crippen LogP contribution in [0.4, 0.5) is 13.2 Å². The van der Waals surface area contributed by atoms with E-state index in [1.54, 1.807) is 18.5 Å². The molecule has 3 aromatic rings. The molecule has 12 heteroatoms. The number of carboxylic acids is 1. The van der Waals surface area contributed by atoms with Crippen LogP contribution in [0.5, 0.6) is 0 Å². The topological polar surface area (TPSA) is 92.5 Å². The molecule has 0 saturated heterocycles. The Balaban J connectivity index is 1.64. The fourth-order valence-electron chi connectivity index (χ4n) is 5.05. The lowest BCUT2D eigenvalue weighted by Gasteiger charge is -2.34. The lowest BCUT2D eigenvalue weighted by molar-refractivity contribution is -0.150. The van der Waals surface area contributed by atoms with Crippen LogP contribution >= 0.6 is 23.2 Å². The molecule has 4 rings (SSSR count). The summed E-state index contributed by atoms with van der Waals surface area (Å²) in [5.41, 5.74) is -0.261. The van der Waals surface area contributed by atoms with Crippen LogP contribution in [0.15, 0.2) is 36.5 Å². The number of ketones is 1. The molecule has 1 N–H and O–H groups in total. The van der Waals surface area contributed by atoms with E-state index >= 15 is 0 Å². The van der Waals surface area contributed by atoms with Crippen LogP contribution in [0.3, 0.4) is 0 Å². The maximum absolute atomic E-state index is 13.9. The Morgan fingerprint density at radius 3 is 2.12 bits per heavy atom. The Labute approximate surface area is 238 Å². The maximum atomic E-state index is 13.9. The lowest BCUT2D eigenvalue weighted by Crippen LogP contribution is -2.36. The van der Waals surface area contributed by atoms with E-state index in [2.05, 4.69) is 5.10 Å². The van der Waals surface area contributed by atoms with E-state index in [1.807, 2.05) is 0 Å². The molecule has 0 unspecified atom stereocenters. The van der Waals surface area contributed by atoms with Crippen molar-refractivity contribution < 1.29 is 32.7 Å². The van der Waals surface area contributed by atoms with Crippen molar-refractivity contribution in [2.45, 2.75) is 52.1 Å². The average Bonchev–Trinajstić information content (AvgIpc) is 3.23. The summed E-state index contributed by atoms with van der Waals surface area (Å²) in [6.07, 6.45) is 3.34. The summed E-state index contributed by atoms with van der Waals surface area (Å²) in [5, 5.41) is 13.4. The number of carbonyl (C=O) groups is 3. The number of hydrogen-bond donors (Lipinski definition) is 1. The van der Waals surface area contributed by atoms with Gasteiger partial charge in [-0.2, -0.15) is 5.10 Å². The monoisotopic (exact) mass is 595 g/mol. The highest BCUT2D eigenvalue weighted by atomic mass is 35.5. The number of aliphatic carboxylic acids is 1. The Bertz CT molecular complexity index is 1440. The van der Waals surface area contributed by atoms with Crippen molar-refractivity contribution >= 4 is 40.9 Å². The number of rotatable bonds is 8. The van der Waals surface area contributed by atoms with Crippen molar-refractivity contribution in [2.24, 2.45) is 5.41 Å². The number of carboxylic acid groups (broad SMARTS) is 1. The van der Waals surface area contributed by atoms with Crippen LogP contribution in [0.25, 0.3) is 0 Å². The first kappa shape index (κ1) is 29.6. The first-order valence-electron chi connectivity index (χ1n) is 12.5. The van der Waals surface area contributed by atoms with E-state index in [4.69, 9.17) is 23.2 Å². The molecule has 0 bridgehead atoms. The van der Waals surface area contributed by atoms with E-state index in [-0.39, 0.29) is 39.3 Å². The van der Waals surface area contributed by atoms with Crippen molar-refractivity contribution in [3.05, 3.63) is 86.4 Å². The molecule has 212 valence electrons. The molecule has 1 heterocycles. The molecule has 1 amide bonds. The minimum absolute atomic E-state index is 0.0974. The summed E-state index contributed by atoms with van der Waals surface area (Å²) in [5.74, 6) is -4.65. The van der Waals surface area contributed by atoms with E-state index in [0.29, 0.717) is 37.4 Å². The van der Waals surface area contributed by atoms with Gasteiger partial charge < -0.3 is 10.0 Å². The molecular formula is C28H26Cl2F3N3O4. The molecule has 0 atom stereocenters. The first-order chi connectivity index (χ1) is 18.8. The van der Waals surface area contributed by atoms with Crippen LogP contribution < -0.4 is 0 Å². The average molecular weight is 596 g/mol. The summed E-state index contributed by atoms with van der Waals surface area (Å²) >= 11 is 12.1. The number of carbonyl (C=O) groups excluding carboxylic acids is 2. The van der Waals surface area contributed by atoms with Crippen LogP contribution in [-0.2, 0) is 11.3 Å². The molecule has 0 radical (unpaired) electrons. The first-order valence-corrected chi connectivity index (χ1v) is 13.2. The van der Waals surface area contributed by atoms with Gasteiger partial charge in [0.05, 0.1) is 45.4 Å². The highest BCUT2D eigenvalue weighted by Gasteiger charge is 2.39. The molecule has 40 heavy (non-hydrogen) atoms. The van der Waals surface area contributed by atoms with Gasteiger partial charge in [0.25, 0.3) is 5.91 Å². The molecule has 1 saturated carbocycles. The maximum Gasteiger partial charge on any atom is 0.309 e. The number of nitrogens with zero attached hydrogens (tertiary/aromatic N) is 3. The molecule has 2 aromatic carbocycles. The Morgan fingerprint density at radius 1 is 1.02 bits per heavy atom. The fraction of sp³-hybridized carbons (Fsp3) is 0.357. The van der Waals surface area contributed by atoms with Gasteiger partial charge in [-0.15, -0.1) is 0 Å². The molecular weight excluding hydrogens is 570 g/mol. The predicted octanol–water partition coefficient (Wildman–Crippen LogP) is 6.65. The standard InChI is InChI=1S/C28H26Cl2F3N3O4/c1-15-21(12-34-36(15)20-3-5-28(2,6-4-20)27(39)40)26(38)35(13-16-7-17(31)9-18(32)8-16)14-24(37)25-22(29)10-19(33)11-23(25)30/h7-12,20H,3-6,13-14H2,1-2H3,(H,39,40)/t20-,28-. The highest BCUT2D eigenvalue weighted by Crippen LogP contribution is 2.41. The van der Waals surface area contributed by atoms with Gasteiger partial charge in [0.2, 0.25) is 0 Å². The van der Waals surface area contributed by atoms with E-state index in [1.165, 1.54) is 6.20 Å². The second-order valence-electron chi connectivity index (χ2n) is 10.3. The van der Waals surface area contributed by atoms with Gasteiger partial charge >= 0.3 is 5.97 Å². The van der Waals surface area contributed by atoms with Crippen LogP contribution in [-0.4, -0.2) is 44.0 Å². The second-order valence-corrected chi connectivity index (χ2v) is 11.1. The minimum atomic E-state index is -0.854. The quantitative estimate of drug-likeness (QED) is 0.294. The van der Waals surface area contributed by atoms with Crippen molar-refractivity contribution in [1.29, 1.82) is 0 Å². The second kappa shape index (κ2) is 11.6. The Morgan fingerprint density at radius 2 is 1.57 bits per heavy atom. The highest BCUT2D eigenvalue weighted by molar-refractivity contribution is 6.40. The third-order valence-corrected chi connectivity index (χ3v) is 8.00. The zero-order valence-electron chi connectivity index (χ0n) is 21.7. The van der Waals surface area contributed by atoms with Gasteiger partial charge in [0.15, 0.2) is 5.78 Å². The van der Waals surface area contributed by atoms with Crippen LogP contribution in [0, 0.1) is 29.8 Å². The zero-order chi connectivity index (χ0) is 29.4. The number of aromatic nitrogens is 2. The van der Waals surface area contributed by atoms with Crippen molar-refractivity contribution in [3.63, 3.8) is 0 Å². The molecule has 1 fully saturated rings. The van der Waals surface area contributed by atoms with Gasteiger partial charge in [0, 0.05) is 18.3 Å². The number of hydrogen-bond acceptors (Lipinski definition) is 4. The molecule has 7 nitrogen and oxygen atoms in total. The molecule has 1 aliphatic carbocycles. The SMILES string of the molecule is Cc1c(C(=O)N(CC(=O)c2c(Cl)cc(F)cc2Cl)Cc2cc(F)cc(F)c2)cnn1[C@H]1CC[C@](C)(C(=O)O)CC1. The smallest absolute Gasteiger partial charge is 0.309 e. The van der Waals surface area contributed by atoms with Gasteiger partial charge in [-0.05, 0) is 69.4 Å². The minimum Gasteiger partial charge on any atom is -0.481 e. The molecule has 1 aliphatic rings. The molecule has 0 spiro atoms. The third kappa shape index (κ3) is 6.18. The largest absolute Gasteiger partial charge is 0.481 e. The number of Topliss-reactive ketones (excluding diaryl/α,β-unsaturated/α-hetero) is 1. The van der Waals surface area contributed by atoms with E-state index in [0.717, 1.165) is 29.2 Å². The van der Waals surface area contributed by atoms with Gasteiger partial charge in [-0.1, -0.05) is 23.2 Å². The summed E-state index contributed by atoms with van der Waals surface area (Å²) in [6, 6.07) is 4.49. The Hall–Kier alpha value is -3.37. The van der Waals surface area contributed by atoms with Crippen molar-refractivity contribution in [2.75, 3.05) is 6.54 Å². The third-order valence-electron chi connectivity index (χ3n) is 7.40. The number of amides is 1. The van der Waals surface area contributed by atoms with Crippen molar-refractivity contribution in [1.82, 2.24) is 14.7 Å². The number of benzene rings is 2. The van der Waals surface area contributed by atoms with Crippen LogP contribution in [0.1, 0.15) is 70.6 Å². The summed E-state index contributed by atoms with van der Waals surface area (Å²) < 4.78 is 43.2. The van der Waals surface area contributed by atoms with Gasteiger partial charge in [-0.3, -0.25) is 19.1 Å². The Kier molecular flexibility index (Phi) is 8.60. The van der Waals surface area contributed by atoms with Crippen molar-refractivity contribution in [3.8, 4) is 0 Å². The van der Waals surface area contributed by atoms with Crippen LogP contribution in [0.2, 0.25) is 10.0 Å². The molecule has 1 aromatic heterocycles. The lowest BCUT2D eigenvalue weighted by atomic mass is 9.74. The summed E-state index contributed by atoms with van der Waals surface area (Å²) in [7, 11) is 0. The number of halogens is 5. The molecule has 0 aliphatic heterocycles.